The number of rotatable bonds is 2. The summed E-state index contributed by atoms with van der Waals surface area (Å²) in [6, 6.07) is 7.84. The second-order valence-electron chi connectivity index (χ2n) is 6.93. The molecule has 0 aliphatic carbocycles. The molecule has 8 nitrogen and oxygen atoms in total. The van der Waals surface area contributed by atoms with E-state index in [4.69, 9.17) is 0 Å². The summed E-state index contributed by atoms with van der Waals surface area (Å²) in [6.07, 6.45) is 6.71. The van der Waals surface area contributed by atoms with Crippen molar-refractivity contribution in [3.05, 3.63) is 59.7 Å². The van der Waals surface area contributed by atoms with E-state index >= 15 is 0 Å². The molecule has 1 saturated heterocycles. The fourth-order valence-electron chi connectivity index (χ4n) is 3.72. The molecule has 0 N–H and O–H groups in total. The van der Waals surface area contributed by atoms with E-state index in [2.05, 4.69) is 29.7 Å². The van der Waals surface area contributed by atoms with Crippen LogP contribution in [-0.4, -0.2) is 50.7 Å². The summed E-state index contributed by atoms with van der Waals surface area (Å²) in [6.45, 7) is 3.45. The molecule has 0 unspecified atom stereocenters. The number of hydrogen-bond acceptors (Lipinski definition) is 7. The molecule has 4 heterocycles. The van der Waals surface area contributed by atoms with Crippen molar-refractivity contribution in [1.29, 1.82) is 0 Å². The number of anilines is 2. The van der Waals surface area contributed by atoms with E-state index < -0.39 is 0 Å². The summed E-state index contributed by atoms with van der Waals surface area (Å²) in [7, 11) is 1.72. The van der Waals surface area contributed by atoms with E-state index in [1.54, 1.807) is 32.1 Å². The number of pyridine rings is 1. The third-order valence-electron chi connectivity index (χ3n) is 5.26. The highest BCUT2D eigenvalue weighted by molar-refractivity contribution is 5.88. The zero-order valence-corrected chi connectivity index (χ0v) is 15.5. The van der Waals surface area contributed by atoms with Crippen LogP contribution in [0.25, 0.3) is 21.8 Å². The maximum absolute atomic E-state index is 12.2. The van der Waals surface area contributed by atoms with Gasteiger partial charge in [0.05, 0.1) is 28.9 Å². The summed E-state index contributed by atoms with van der Waals surface area (Å²) >= 11 is 0. The zero-order valence-electron chi connectivity index (χ0n) is 15.5. The maximum atomic E-state index is 12.2. The van der Waals surface area contributed by atoms with Gasteiger partial charge in [0.15, 0.2) is 0 Å². The summed E-state index contributed by atoms with van der Waals surface area (Å²) in [5.74, 6) is 0.954. The number of aromatic nitrogens is 5. The van der Waals surface area contributed by atoms with Crippen molar-refractivity contribution in [3.8, 4) is 0 Å². The maximum Gasteiger partial charge on any atom is 0.260 e. The Kier molecular flexibility index (Phi) is 3.89. The average Bonchev–Trinajstić information content (AvgIpc) is 2.76. The normalized spacial score (nSPS) is 14.8. The Bertz CT molecular complexity index is 1220. The quantitative estimate of drug-likeness (QED) is 0.528. The van der Waals surface area contributed by atoms with Crippen LogP contribution in [0.4, 0.5) is 11.5 Å². The molecule has 0 saturated carbocycles. The van der Waals surface area contributed by atoms with Crippen molar-refractivity contribution in [2.24, 2.45) is 7.05 Å². The molecule has 8 heteroatoms. The molecule has 4 aromatic rings. The largest absolute Gasteiger partial charge is 0.368 e. The minimum atomic E-state index is -0.0218. The topological polar surface area (TPSA) is 80.0 Å². The van der Waals surface area contributed by atoms with E-state index in [-0.39, 0.29) is 5.56 Å². The minimum Gasteiger partial charge on any atom is -0.368 e. The first kappa shape index (κ1) is 16.6. The van der Waals surface area contributed by atoms with Gasteiger partial charge < -0.3 is 14.4 Å². The Hall–Kier alpha value is -3.55. The molecule has 0 spiro atoms. The highest BCUT2D eigenvalue weighted by atomic mass is 16.1. The second-order valence-corrected chi connectivity index (χ2v) is 6.93. The van der Waals surface area contributed by atoms with E-state index in [1.807, 2.05) is 24.3 Å². The van der Waals surface area contributed by atoms with Crippen molar-refractivity contribution >= 4 is 33.3 Å². The lowest BCUT2D eigenvalue weighted by Gasteiger charge is -2.37. The van der Waals surface area contributed by atoms with Crippen LogP contribution in [0.15, 0.2) is 54.1 Å². The van der Waals surface area contributed by atoms with Gasteiger partial charge in [0.25, 0.3) is 5.56 Å². The van der Waals surface area contributed by atoms with Gasteiger partial charge in [-0.3, -0.25) is 9.78 Å². The molecular weight excluding hydrogens is 354 g/mol. The first-order valence-electron chi connectivity index (χ1n) is 9.21. The molecule has 140 valence electrons. The smallest absolute Gasteiger partial charge is 0.260 e. The van der Waals surface area contributed by atoms with E-state index in [0.717, 1.165) is 54.1 Å². The van der Waals surface area contributed by atoms with Gasteiger partial charge in [0, 0.05) is 50.5 Å². The Morgan fingerprint density at radius 3 is 2.57 bits per heavy atom. The highest BCUT2D eigenvalue weighted by Crippen LogP contribution is 2.25. The van der Waals surface area contributed by atoms with Gasteiger partial charge >= 0.3 is 0 Å². The molecule has 5 rings (SSSR count). The van der Waals surface area contributed by atoms with Gasteiger partial charge in [-0.1, -0.05) is 0 Å². The van der Waals surface area contributed by atoms with Crippen LogP contribution >= 0.6 is 0 Å². The number of hydrogen-bond donors (Lipinski definition) is 0. The van der Waals surface area contributed by atoms with Gasteiger partial charge in [-0.2, -0.15) is 0 Å². The van der Waals surface area contributed by atoms with Crippen LogP contribution in [0, 0.1) is 0 Å². The first-order chi connectivity index (χ1) is 13.7. The molecule has 1 aliphatic rings. The molecule has 3 aromatic heterocycles. The molecule has 0 radical (unpaired) electrons. The first-order valence-corrected chi connectivity index (χ1v) is 9.21. The lowest BCUT2D eigenvalue weighted by Crippen LogP contribution is -2.47. The van der Waals surface area contributed by atoms with Crippen molar-refractivity contribution in [1.82, 2.24) is 24.5 Å². The van der Waals surface area contributed by atoms with Crippen LogP contribution in [-0.2, 0) is 7.05 Å². The Morgan fingerprint density at radius 2 is 1.71 bits per heavy atom. The monoisotopic (exact) mass is 373 g/mol. The molecule has 1 aromatic carbocycles. The summed E-state index contributed by atoms with van der Waals surface area (Å²) in [5.41, 5.74) is 2.66. The summed E-state index contributed by atoms with van der Waals surface area (Å²) in [4.78, 5) is 34.2. The fourth-order valence-corrected chi connectivity index (χ4v) is 3.72. The molecule has 28 heavy (non-hydrogen) atoms. The summed E-state index contributed by atoms with van der Waals surface area (Å²) < 4.78 is 1.50. The summed E-state index contributed by atoms with van der Waals surface area (Å²) in [5, 5.41) is 1.67. The molecule has 0 atom stereocenters. The number of aryl methyl sites for hydroxylation is 1. The SMILES string of the molecule is Cn1cnc2cc(N3CCN(c4ncnc5cnccc45)CC3)ccc2c1=O. The fraction of sp³-hybridized carbons (Fsp3) is 0.250. The number of nitrogens with zero attached hydrogens (tertiary/aromatic N) is 7. The van der Waals surface area contributed by atoms with Gasteiger partial charge in [-0.15, -0.1) is 0 Å². The van der Waals surface area contributed by atoms with E-state index in [1.165, 1.54) is 4.57 Å². The molecule has 1 fully saturated rings. The van der Waals surface area contributed by atoms with Gasteiger partial charge in [-0.05, 0) is 24.3 Å². The Balaban J connectivity index is 1.39. The third-order valence-corrected chi connectivity index (χ3v) is 5.26. The van der Waals surface area contributed by atoms with Gasteiger partial charge in [0.2, 0.25) is 0 Å². The molecular formula is C20H19N7O. The van der Waals surface area contributed by atoms with Gasteiger partial charge in [0.1, 0.15) is 12.1 Å². The number of benzene rings is 1. The van der Waals surface area contributed by atoms with E-state index in [9.17, 15) is 4.79 Å². The standard InChI is InChI=1S/C20H19N7O/c1-25-13-24-17-10-14(2-3-16(17)20(25)28)26-6-8-27(9-7-26)19-15-4-5-21-11-18(15)22-12-23-19/h2-5,10-13H,6-9H2,1H3. The predicted octanol–water partition coefficient (Wildman–Crippen LogP) is 1.60. The molecule has 0 amide bonds. The predicted molar refractivity (Wildman–Crippen MR) is 109 cm³/mol. The highest BCUT2D eigenvalue weighted by Gasteiger charge is 2.20. The Labute approximate surface area is 161 Å². The van der Waals surface area contributed by atoms with Crippen LogP contribution in [0.3, 0.4) is 0 Å². The lowest BCUT2D eigenvalue weighted by atomic mass is 10.2. The van der Waals surface area contributed by atoms with Crippen molar-refractivity contribution in [2.75, 3.05) is 36.0 Å². The third kappa shape index (κ3) is 2.74. The average molecular weight is 373 g/mol. The van der Waals surface area contributed by atoms with Gasteiger partial charge in [-0.25, -0.2) is 15.0 Å². The van der Waals surface area contributed by atoms with Crippen LogP contribution in [0.2, 0.25) is 0 Å². The number of piperazine rings is 1. The van der Waals surface area contributed by atoms with E-state index in [0.29, 0.717) is 5.39 Å². The lowest BCUT2D eigenvalue weighted by molar-refractivity contribution is 0.649. The minimum absolute atomic E-state index is 0.0218. The molecule has 0 bridgehead atoms. The van der Waals surface area contributed by atoms with Crippen LogP contribution in [0.5, 0.6) is 0 Å². The van der Waals surface area contributed by atoms with Crippen LogP contribution < -0.4 is 15.4 Å². The Morgan fingerprint density at radius 1 is 0.893 bits per heavy atom. The van der Waals surface area contributed by atoms with Crippen molar-refractivity contribution in [3.63, 3.8) is 0 Å². The molecule has 1 aliphatic heterocycles. The van der Waals surface area contributed by atoms with Crippen molar-refractivity contribution in [2.45, 2.75) is 0 Å². The van der Waals surface area contributed by atoms with Crippen molar-refractivity contribution < 1.29 is 0 Å². The van der Waals surface area contributed by atoms with Crippen LogP contribution in [0.1, 0.15) is 0 Å². The zero-order chi connectivity index (χ0) is 19.1. The number of fused-ring (bicyclic) bond motifs is 2. The second kappa shape index (κ2) is 6.56.